The summed E-state index contributed by atoms with van der Waals surface area (Å²) in [5.41, 5.74) is 6.74. The normalized spacial score (nSPS) is 19.1. The SMILES string of the molecule is O=C(CC1CCC(c2ccc(-c3ccc4c(c3)OCCN4C(=O)Nc3ccccc3)cc2)CC1)NO. The molecule has 3 N–H and O–H groups in total. The largest absolute Gasteiger partial charge is 0.490 e. The lowest BCUT2D eigenvalue weighted by Gasteiger charge is -2.30. The topological polar surface area (TPSA) is 90.9 Å². The molecule has 1 heterocycles. The third kappa shape index (κ3) is 5.36. The number of hydrogen-bond donors (Lipinski definition) is 3. The highest BCUT2D eigenvalue weighted by molar-refractivity contribution is 6.03. The number of amides is 3. The average Bonchev–Trinajstić information content (AvgIpc) is 2.93. The number of rotatable bonds is 5. The van der Waals surface area contributed by atoms with Crippen LogP contribution in [0.2, 0.25) is 0 Å². The van der Waals surface area contributed by atoms with E-state index in [1.807, 2.05) is 48.5 Å². The number of hydrogen-bond acceptors (Lipinski definition) is 4. The smallest absolute Gasteiger partial charge is 0.326 e. The highest BCUT2D eigenvalue weighted by atomic mass is 16.5. The van der Waals surface area contributed by atoms with Crippen molar-refractivity contribution >= 4 is 23.3 Å². The number of anilines is 2. The molecular weight excluding hydrogens is 454 g/mol. The third-order valence-corrected chi connectivity index (χ3v) is 7.25. The van der Waals surface area contributed by atoms with Crippen LogP contribution in [0.3, 0.4) is 0 Å². The average molecular weight is 486 g/mol. The molecule has 7 nitrogen and oxygen atoms in total. The van der Waals surface area contributed by atoms with Gasteiger partial charge in [0.25, 0.3) is 0 Å². The van der Waals surface area contributed by atoms with Crippen molar-refractivity contribution < 1.29 is 19.5 Å². The number of nitrogens with one attached hydrogen (secondary N) is 2. The first kappa shape index (κ1) is 23.9. The number of benzene rings is 3. The molecule has 5 rings (SSSR count). The maximum Gasteiger partial charge on any atom is 0.326 e. The van der Waals surface area contributed by atoms with Gasteiger partial charge >= 0.3 is 6.03 Å². The molecule has 7 heteroatoms. The minimum atomic E-state index is -0.295. The number of urea groups is 1. The summed E-state index contributed by atoms with van der Waals surface area (Å²) in [6, 6.07) is 23.9. The molecule has 0 atom stereocenters. The van der Waals surface area contributed by atoms with Crippen LogP contribution >= 0.6 is 0 Å². The summed E-state index contributed by atoms with van der Waals surface area (Å²) in [6.07, 6.45) is 4.49. The summed E-state index contributed by atoms with van der Waals surface area (Å²) in [4.78, 5) is 26.0. The zero-order valence-corrected chi connectivity index (χ0v) is 20.2. The van der Waals surface area contributed by atoms with Crippen LogP contribution in [0.15, 0.2) is 72.8 Å². The van der Waals surface area contributed by atoms with Crippen molar-refractivity contribution in [1.29, 1.82) is 0 Å². The molecule has 186 valence electrons. The van der Waals surface area contributed by atoms with Crippen LogP contribution in [-0.2, 0) is 4.79 Å². The van der Waals surface area contributed by atoms with Crippen LogP contribution < -0.4 is 20.4 Å². The molecular formula is C29H31N3O4. The number of ether oxygens (including phenoxy) is 1. The summed E-state index contributed by atoms with van der Waals surface area (Å²) >= 11 is 0. The number of para-hydroxylation sites is 1. The molecule has 3 aromatic carbocycles. The Bertz CT molecular complexity index is 1200. The monoisotopic (exact) mass is 485 g/mol. The fourth-order valence-electron chi connectivity index (χ4n) is 5.28. The second kappa shape index (κ2) is 10.8. The van der Waals surface area contributed by atoms with Crippen molar-refractivity contribution in [3.05, 3.63) is 78.4 Å². The van der Waals surface area contributed by atoms with Gasteiger partial charge < -0.3 is 10.1 Å². The Kier molecular flexibility index (Phi) is 7.18. The minimum absolute atomic E-state index is 0.172. The van der Waals surface area contributed by atoms with Crippen LogP contribution in [-0.4, -0.2) is 30.3 Å². The molecule has 3 aromatic rings. The van der Waals surface area contributed by atoms with Gasteiger partial charge in [0.15, 0.2) is 0 Å². The summed E-state index contributed by atoms with van der Waals surface area (Å²) in [5.74, 6) is 1.25. The summed E-state index contributed by atoms with van der Waals surface area (Å²) in [7, 11) is 0. The Morgan fingerprint density at radius 1 is 0.917 bits per heavy atom. The molecule has 2 aliphatic rings. The van der Waals surface area contributed by atoms with E-state index < -0.39 is 0 Å². The van der Waals surface area contributed by atoms with E-state index in [0.717, 1.165) is 48.2 Å². The van der Waals surface area contributed by atoms with Crippen LogP contribution in [0, 0.1) is 5.92 Å². The van der Waals surface area contributed by atoms with Crippen LogP contribution in [0.5, 0.6) is 5.75 Å². The lowest BCUT2D eigenvalue weighted by Crippen LogP contribution is -2.40. The fraction of sp³-hybridized carbons (Fsp3) is 0.310. The quantitative estimate of drug-likeness (QED) is 0.307. The fourth-order valence-corrected chi connectivity index (χ4v) is 5.28. The number of fused-ring (bicyclic) bond motifs is 1. The number of carbonyl (C=O) groups is 2. The highest BCUT2D eigenvalue weighted by Crippen LogP contribution is 2.39. The molecule has 0 saturated heterocycles. The van der Waals surface area contributed by atoms with Crippen molar-refractivity contribution in [1.82, 2.24) is 5.48 Å². The lowest BCUT2D eigenvalue weighted by molar-refractivity contribution is -0.130. The zero-order chi connectivity index (χ0) is 24.9. The van der Waals surface area contributed by atoms with Crippen LogP contribution in [0.1, 0.15) is 43.6 Å². The highest BCUT2D eigenvalue weighted by Gasteiger charge is 2.25. The van der Waals surface area contributed by atoms with Gasteiger partial charge in [0.1, 0.15) is 12.4 Å². The van der Waals surface area contributed by atoms with E-state index in [0.29, 0.717) is 37.2 Å². The Morgan fingerprint density at radius 2 is 1.64 bits per heavy atom. The molecule has 36 heavy (non-hydrogen) atoms. The minimum Gasteiger partial charge on any atom is -0.490 e. The first-order valence-electron chi connectivity index (χ1n) is 12.5. The van der Waals surface area contributed by atoms with E-state index >= 15 is 0 Å². The van der Waals surface area contributed by atoms with Gasteiger partial charge in [-0.1, -0.05) is 48.5 Å². The van der Waals surface area contributed by atoms with Crippen LogP contribution in [0.4, 0.5) is 16.2 Å². The van der Waals surface area contributed by atoms with Gasteiger partial charge in [0, 0.05) is 12.1 Å². The van der Waals surface area contributed by atoms with Gasteiger partial charge in [-0.15, -0.1) is 0 Å². The molecule has 0 spiro atoms. The predicted molar refractivity (Wildman–Crippen MR) is 139 cm³/mol. The molecule has 0 aromatic heterocycles. The van der Waals surface area contributed by atoms with Gasteiger partial charge in [0.05, 0.1) is 12.2 Å². The third-order valence-electron chi connectivity index (χ3n) is 7.25. The molecule has 1 aliphatic carbocycles. The first-order valence-corrected chi connectivity index (χ1v) is 12.5. The number of nitrogens with zero attached hydrogens (tertiary/aromatic N) is 1. The number of hydroxylamine groups is 1. The number of carbonyl (C=O) groups excluding carboxylic acids is 2. The van der Waals surface area contributed by atoms with E-state index in [1.165, 1.54) is 5.56 Å². The van der Waals surface area contributed by atoms with Crippen molar-refractivity contribution in [2.24, 2.45) is 5.92 Å². The second-order valence-electron chi connectivity index (χ2n) is 9.56. The van der Waals surface area contributed by atoms with Gasteiger partial charge in [0.2, 0.25) is 5.91 Å². The van der Waals surface area contributed by atoms with E-state index in [4.69, 9.17) is 9.94 Å². The Balaban J connectivity index is 1.25. The molecule has 0 radical (unpaired) electrons. The Labute approximate surface area is 211 Å². The first-order chi connectivity index (χ1) is 17.6. The van der Waals surface area contributed by atoms with E-state index in [2.05, 4.69) is 29.6 Å². The van der Waals surface area contributed by atoms with E-state index in [-0.39, 0.29) is 11.9 Å². The van der Waals surface area contributed by atoms with Crippen molar-refractivity contribution in [2.75, 3.05) is 23.4 Å². The van der Waals surface area contributed by atoms with Crippen molar-refractivity contribution in [3.8, 4) is 16.9 Å². The summed E-state index contributed by atoms with van der Waals surface area (Å²) in [6.45, 7) is 0.937. The standard InChI is InChI=1S/C29H31N3O4/c33-28(31-35)18-20-6-8-21(9-7-20)22-10-12-23(13-11-22)24-14-15-26-27(19-24)36-17-16-32(26)29(34)30-25-4-2-1-3-5-25/h1-5,10-15,19-21,35H,6-9,16-18H2,(H,30,34)(H,31,33). The molecule has 1 saturated carbocycles. The van der Waals surface area contributed by atoms with Gasteiger partial charge in [-0.2, -0.15) is 0 Å². The maximum absolute atomic E-state index is 12.9. The maximum atomic E-state index is 12.9. The van der Waals surface area contributed by atoms with Gasteiger partial charge in [-0.3, -0.25) is 14.9 Å². The van der Waals surface area contributed by atoms with Crippen molar-refractivity contribution in [3.63, 3.8) is 0 Å². The molecule has 3 amide bonds. The Hall–Kier alpha value is -3.84. The zero-order valence-electron chi connectivity index (χ0n) is 20.2. The predicted octanol–water partition coefficient (Wildman–Crippen LogP) is 5.95. The van der Waals surface area contributed by atoms with Crippen LogP contribution in [0.25, 0.3) is 11.1 Å². The molecule has 0 bridgehead atoms. The molecule has 1 fully saturated rings. The van der Waals surface area contributed by atoms with Gasteiger partial charge in [-0.25, -0.2) is 10.3 Å². The summed E-state index contributed by atoms with van der Waals surface area (Å²) < 4.78 is 5.91. The Morgan fingerprint density at radius 3 is 2.36 bits per heavy atom. The summed E-state index contributed by atoms with van der Waals surface area (Å²) in [5, 5.41) is 11.7. The van der Waals surface area contributed by atoms with Gasteiger partial charge in [-0.05, 0) is 78.5 Å². The second-order valence-corrected chi connectivity index (χ2v) is 9.56. The van der Waals surface area contributed by atoms with E-state index in [9.17, 15) is 9.59 Å². The van der Waals surface area contributed by atoms with Crippen molar-refractivity contribution in [2.45, 2.75) is 38.0 Å². The molecule has 0 unspecified atom stereocenters. The lowest BCUT2D eigenvalue weighted by atomic mass is 9.77. The van der Waals surface area contributed by atoms with E-state index in [1.54, 1.807) is 10.4 Å². The molecule has 1 aliphatic heterocycles.